The van der Waals surface area contributed by atoms with E-state index in [4.69, 9.17) is 4.42 Å². The molecule has 2 nitrogen and oxygen atoms in total. The van der Waals surface area contributed by atoms with E-state index in [1.165, 1.54) is 54.9 Å². The van der Waals surface area contributed by atoms with Gasteiger partial charge in [-0.25, -0.2) is 0 Å². The quantitative estimate of drug-likeness (QED) is 0.153. The Bertz CT molecular complexity index is 3280. The molecule has 282 valence electrons. The molecule has 10 aromatic carbocycles. The molecule has 1 aromatic heterocycles. The Morgan fingerprint density at radius 2 is 0.817 bits per heavy atom. The van der Waals surface area contributed by atoms with E-state index in [9.17, 15) is 0 Å². The highest BCUT2D eigenvalue weighted by Crippen LogP contribution is 2.44. The fraction of sp³-hybridized carbons (Fsp3) is 0. The van der Waals surface area contributed by atoms with Gasteiger partial charge in [0.1, 0.15) is 11.3 Å². The predicted octanol–water partition coefficient (Wildman–Crippen LogP) is 16.5. The second-order valence-corrected chi connectivity index (χ2v) is 15.3. The lowest BCUT2D eigenvalue weighted by Crippen LogP contribution is -2.10. The van der Waals surface area contributed by atoms with Gasteiger partial charge in [0.25, 0.3) is 0 Å². The zero-order valence-corrected chi connectivity index (χ0v) is 32.9. The topological polar surface area (TPSA) is 16.4 Å². The number of anilines is 3. The van der Waals surface area contributed by atoms with Crippen molar-refractivity contribution in [2.75, 3.05) is 4.90 Å². The molecule has 60 heavy (non-hydrogen) atoms. The molecule has 0 aliphatic heterocycles. The maximum Gasteiger partial charge on any atom is 0.143 e. The van der Waals surface area contributed by atoms with Gasteiger partial charge in [0.05, 0.1) is 0 Å². The van der Waals surface area contributed by atoms with Crippen LogP contribution in [-0.4, -0.2) is 0 Å². The van der Waals surface area contributed by atoms with Crippen LogP contribution in [0.15, 0.2) is 241 Å². The van der Waals surface area contributed by atoms with Crippen molar-refractivity contribution >= 4 is 49.6 Å². The van der Waals surface area contributed by atoms with Gasteiger partial charge in [-0.2, -0.15) is 0 Å². The summed E-state index contributed by atoms with van der Waals surface area (Å²) >= 11 is 0. The number of furan rings is 1. The lowest BCUT2D eigenvalue weighted by molar-refractivity contribution is 0.632. The summed E-state index contributed by atoms with van der Waals surface area (Å²) in [4.78, 5) is 2.34. The van der Waals surface area contributed by atoms with Crippen molar-refractivity contribution in [1.29, 1.82) is 0 Å². The van der Waals surface area contributed by atoms with E-state index < -0.39 is 0 Å². The SMILES string of the molecule is c1ccc(-c2c(-c3cccc(N(c4ccc(-c5ccc(-c6cccc7ccccc67)cc5)cc4)c4ccc(-c5ccc6ccccc6c5)cc4)c3)oc3ccccc23)cc1. The first-order valence-corrected chi connectivity index (χ1v) is 20.5. The third-order valence-electron chi connectivity index (χ3n) is 11.7. The van der Waals surface area contributed by atoms with Crippen LogP contribution >= 0.6 is 0 Å². The van der Waals surface area contributed by atoms with Crippen molar-refractivity contribution in [2.45, 2.75) is 0 Å². The first-order chi connectivity index (χ1) is 29.7. The van der Waals surface area contributed by atoms with Gasteiger partial charge < -0.3 is 9.32 Å². The highest BCUT2D eigenvalue weighted by Gasteiger charge is 2.20. The first-order valence-electron chi connectivity index (χ1n) is 20.5. The van der Waals surface area contributed by atoms with Crippen LogP contribution in [0.2, 0.25) is 0 Å². The van der Waals surface area contributed by atoms with Crippen LogP contribution < -0.4 is 4.90 Å². The van der Waals surface area contributed by atoms with E-state index in [-0.39, 0.29) is 0 Å². The van der Waals surface area contributed by atoms with Gasteiger partial charge in [0, 0.05) is 33.6 Å². The normalized spacial score (nSPS) is 11.3. The average Bonchev–Trinajstić information content (AvgIpc) is 3.72. The number of hydrogen-bond acceptors (Lipinski definition) is 2. The largest absolute Gasteiger partial charge is 0.455 e. The second kappa shape index (κ2) is 15.1. The summed E-state index contributed by atoms with van der Waals surface area (Å²) in [7, 11) is 0. The van der Waals surface area contributed by atoms with Gasteiger partial charge in [-0.1, -0.05) is 188 Å². The zero-order valence-electron chi connectivity index (χ0n) is 32.9. The monoisotopic (exact) mass is 765 g/mol. The van der Waals surface area contributed by atoms with Crippen molar-refractivity contribution in [3.63, 3.8) is 0 Å². The molecular formula is C58H39NO. The van der Waals surface area contributed by atoms with Crippen molar-refractivity contribution < 1.29 is 4.42 Å². The molecule has 0 saturated carbocycles. The molecule has 0 unspecified atom stereocenters. The molecule has 0 bridgehead atoms. The summed E-state index contributed by atoms with van der Waals surface area (Å²) in [6, 6.07) is 84.7. The number of hydrogen-bond donors (Lipinski definition) is 0. The molecule has 0 atom stereocenters. The summed E-state index contributed by atoms with van der Waals surface area (Å²) in [5, 5.41) is 6.10. The number of fused-ring (bicyclic) bond motifs is 3. The molecule has 2 heteroatoms. The standard InChI is InChI=1S/C58H39NO/c1-2-14-46(15-3-1)57-55-21-8-9-23-56(55)60-58(57)49-18-10-19-52(39-49)59(51-36-32-43(33-37-51)48-29-26-40-12-4-5-16-47(40)38-48)50-34-30-42(31-35-50)41-24-27-45(28-25-41)54-22-11-17-44-13-6-7-20-53(44)54/h1-39H. The highest BCUT2D eigenvalue weighted by atomic mass is 16.3. The van der Waals surface area contributed by atoms with E-state index >= 15 is 0 Å². The molecule has 0 N–H and O–H groups in total. The summed E-state index contributed by atoms with van der Waals surface area (Å²) in [5.41, 5.74) is 14.5. The van der Waals surface area contributed by atoms with E-state index in [1.807, 2.05) is 6.07 Å². The third-order valence-corrected chi connectivity index (χ3v) is 11.7. The molecule has 11 aromatic rings. The highest BCUT2D eigenvalue weighted by molar-refractivity contribution is 6.02. The Balaban J connectivity index is 0.985. The summed E-state index contributed by atoms with van der Waals surface area (Å²) in [6.07, 6.45) is 0. The maximum atomic E-state index is 6.68. The van der Waals surface area contributed by atoms with Gasteiger partial charge in [-0.3, -0.25) is 0 Å². The van der Waals surface area contributed by atoms with E-state index in [0.717, 1.165) is 50.5 Å². The van der Waals surface area contributed by atoms with Crippen molar-refractivity contribution in [3.05, 3.63) is 237 Å². The van der Waals surface area contributed by atoms with Crippen molar-refractivity contribution in [1.82, 2.24) is 0 Å². The lowest BCUT2D eigenvalue weighted by Gasteiger charge is -2.26. The van der Waals surface area contributed by atoms with Gasteiger partial charge >= 0.3 is 0 Å². The minimum Gasteiger partial charge on any atom is -0.455 e. The Morgan fingerprint density at radius 3 is 1.57 bits per heavy atom. The minimum absolute atomic E-state index is 0.859. The molecule has 11 rings (SSSR count). The van der Waals surface area contributed by atoms with Crippen LogP contribution in [0.25, 0.3) is 88.3 Å². The Kier molecular flexibility index (Phi) is 8.87. The number of nitrogens with zero attached hydrogens (tertiary/aromatic N) is 1. The van der Waals surface area contributed by atoms with Crippen LogP contribution in [0.4, 0.5) is 17.1 Å². The van der Waals surface area contributed by atoms with Crippen molar-refractivity contribution in [3.8, 4) is 55.8 Å². The van der Waals surface area contributed by atoms with Crippen molar-refractivity contribution in [2.24, 2.45) is 0 Å². The number of para-hydroxylation sites is 1. The fourth-order valence-electron chi connectivity index (χ4n) is 8.67. The second-order valence-electron chi connectivity index (χ2n) is 15.3. The maximum absolute atomic E-state index is 6.68. The van der Waals surface area contributed by atoms with Crippen LogP contribution in [-0.2, 0) is 0 Å². The van der Waals surface area contributed by atoms with Gasteiger partial charge in [-0.15, -0.1) is 0 Å². The molecule has 0 radical (unpaired) electrons. The molecule has 0 saturated heterocycles. The smallest absolute Gasteiger partial charge is 0.143 e. The molecule has 0 spiro atoms. The Morgan fingerprint density at radius 1 is 0.283 bits per heavy atom. The summed E-state index contributed by atoms with van der Waals surface area (Å²) in [5.74, 6) is 0.859. The Labute approximate surface area is 349 Å². The third kappa shape index (κ3) is 6.51. The van der Waals surface area contributed by atoms with Crippen LogP contribution in [0, 0.1) is 0 Å². The first kappa shape index (κ1) is 35.2. The molecule has 1 heterocycles. The average molecular weight is 766 g/mol. The predicted molar refractivity (Wildman–Crippen MR) is 253 cm³/mol. The number of benzene rings is 10. The van der Waals surface area contributed by atoms with Gasteiger partial charge in [-0.05, 0) is 109 Å². The summed E-state index contributed by atoms with van der Waals surface area (Å²) < 4.78 is 6.68. The zero-order chi connectivity index (χ0) is 39.8. The summed E-state index contributed by atoms with van der Waals surface area (Å²) in [6.45, 7) is 0. The fourth-order valence-corrected chi connectivity index (χ4v) is 8.67. The van der Waals surface area contributed by atoms with Crippen LogP contribution in [0.1, 0.15) is 0 Å². The van der Waals surface area contributed by atoms with E-state index in [2.05, 4.69) is 235 Å². The minimum atomic E-state index is 0.859. The molecule has 0 fully saturated rings. The molecule has 0 aliphatic rings. The lowest BCUT2D eigenvalue weighted by atomic mass is 9.96. The van der Waals surface area contributed by atoms with E-state index in [0.29, 0.717) is 0 Å². The Hall–Kier alpha value is -7.94. The van der Waals surface area contributed by atoms with E-state index in [1.54, 1.807) is 0 Å². The van der Waals surface area contributed by atoms with Crippen LogP contribution in [0.3, 0.4) is 0 Å². The molecule has 0 amide bonds. The van der Waals surface area contributed by atoms with Crippen LogP contribution in [0.5, 0.6) is 0 Å². The number of rotatable bonds is 8. The van der Waals surface area contributed by atoms with Gasteiger partial charge in [0.15, 0.2) is 0 Å². The molecule has 0 aliphatic carbocycles. The molecular weight excluding hydrogens is 727 g/mol. The van der Waals surface area contributed by atoms with Gasteiger partial charge in [0.2, 0.25) is 0 Å².